The largest absolute Gasteiger partial charge is 0.382 e. The van der Waals surface area contributed by atoms with Gasteiger partial charge in [0.1, 0.15) is 5.82 Å². The Morgan fingerprint density at radius 3 is 2.87 bits per heavy atom. The van der Waals surface area contributed by atoms with Gasteiger partial charge in [-0.25, -0.2) is 4.98 Å². The van der Waals surface area contributed by atoms with E-state index in [1.807, 2.05) is 12.1 Å². The minimum absolute atomic E-state index is 0.0788. The molecule has 1 aromatic heterocycles. The Morgan fingerprint density at radius 2 is 2.20 bits per heavy atom. The van der Waals surface area contributed by atoms with Gasteiger partial charge >= 0.3 is 0 Å². The molecule has 0 atom stereocenters. The maximum Gasteiger partial charge on any atom is 0.146 e. The summed E-state index contributed by atoms with van der Waals surface area (Å²) in [5.74, 6) is 0.560. The highest BCUT2D eigenvalue weighted by Crippen LogP contribution is 2.27. The van der Waals surface area contributed by atoms with E-state index in [4.69, 9.17) is 10.5 Å². The molecule has 0 radical (unpaired) electrons. The van der Waals surface area contributed by atoms with E-state index in [2.05, 4.69) is 17.2 Å². The lowest BCUT2D eigenvalue weighted by Gasteiger charge is -2.35. The van der Waals surface area contributed by atoms with E-state index in [1.54, 1.807) is 6.20 Å². The Kier molecular flexibility index (Phi) is 2.77. The quantitative estimate of drug-likeness (QED) is 0.774. The van der Waals surface area contributed by atoms with E-state index < -0.39 is 0 Å². The van der Waals surface area contributed by atoms with Gasteiger partial charge in [0, 0.05) is 24.9 Å². The van der Waals surface area contributed by atoms with Crippen LogP contribution >= 0.6 is 0 Å². The summed E-state index contributed by atoms with van der Waals surface area (Å²) in [6.45, 7) is 3.81. The normalized spacial score (nSPS) is 19.8. The van der Waals surface area contributed by atoms with Crippen molar-refractivity contribution in [3.63, 3.8) is 0 Å². The van der Waals surface area contributed by atoms with Crippen LogP contribution in [0.15, 0.2) is 18.3 Å². The molecule has 0 saturated carbocycles. The summed E-state index contributed by atoms with van der Waals surface area (Å²) in [6.07, 6.45) is 3.70. The molecule has 82 valence electrons. The predicted molar refractivity (Wildman–Crippen MR) is 60.7 cm³/mol. The van der Waals surface area contributed by atoms with Crippen molar-refractivity contribution in [2.24, 2.45) is 0 Å². The maximum atomic E-state index is 5.79. The first kappa shape index (κ1) is 10.2. The molecule has 2 heterocycles. The van der Waals surface area contributed by atoms with Gasteiger partial charge in [0.15, 0.2) is 0 Å². The maximum absolute atomic E-state index is 5.79. The molecule has 0 spiro atoms. The van der Waals surface area contributed by atoms with Crippen molar-refractivity contribution in [1.29, 1.82) is 0 Å². The van der Waals surface area contributed by atoms with Crippen LogP contribution in [0.1, 0.15) is 19.8 Å². The molecular formula is C11H17N3O. The third kappa shape index (κ3) is 2.39. The van der Waals surface area contributed by atoms with Crippen molar-refractivity contribution >= 4 is 11.5 Å². The van der Waals surface area contributed by atoms with Gasteiger partial charge in [-0.2, -0.15) is 0 Å². The summed E-state index contributed by atoms with van der Waals surface area (Å²) in [5, 5.41) is 3.46. The Balaban J connectivity index is 2.10. The van der Waals surface area contributed by atoms with E-state index in [0.717, 1.165) is 31.7 Å². The van der Waals surface area contributed by atoms with Gasteiger partial charge in [-0.3, -0.25) is 0 Å². The van der Waals surface area contributed by atoms with Crippen LogP contribution < -0.4 is 11.1 Å². The highest BCUT2D eigenvalue weighted by atomic mass is 16.5. The number of nitrogen functional groups attached to an aromatic ring is 1. The van der Waals surface area contributed by atoms with Crippen molar-refractivity contribution in [2.45, 2.75) is 25.3 Å². The molecule has 15 heavy (non-hydrogen) atoms. The summed E-state index contributed by atoms with van der Waals surface area (Å²) in [5.41, 5.74) is 6.79. The van der Waals surface area contributed by atoms with Gasteiger partial charge in [-0.15, -0.1) is 0 Å². The van der Waals surface area contributed by atoms with Crippen molar-refractivity contribution in [3.05, 3.63) is 18.3 Å². The molecule has 3 N–H and O–H groups in total. The minimum atomic E-state index is 0.0788. The highest BCUT2D eigenvalue weighted by Gasteiger charge is 2.27. The summed E-state index contributed by atoms with van der Waals surface area (Å²) in [7, 11) is 0. The third-order valence-corrected chi connectivity index (χ3v) is 2.87. The van der Waals surface area contributed by atoms with Crippen molar-refractivity contribution < 1.29 is 4.74 Å². The average Bonchev–Trinajstić information content (AvgIpc) is 2.22. The van der Waals surface area contributed by atoms with Crippen molar-refractivity contribution in [3.8, 4) is 0 Å². The summed E-state index contributed by atoms with van der Waals surface area (Å²) >= 11 is 0. The minimum Gasteiger partial charge on any atom is -0.382 e. The van der Waals surface area contributed by atoms with Crippen molar-refractivity contribution in [1.82, 2.24) is 4.98 Å². The fourth-order valence-corrected chi connectivity index (χ4v) is 1.80. The number of hydrogen-bond donors (Lipinski definition) is 2. The van der Waals surface area contributed by atoms with Crippen LogP contribution in [-0.4, -0.2) is 23.7 Å². The molecule has 4 nitrogen and oxygen atoms in total. The number of aromatic nitrogens is 1. The first-order valence-corrected chi connectivity index (χ1v) is 5.26. The second-order valence-electron chi connectivity index (χ2n) is 4.23. The molecule has 4 heteroatoms. The SMILES string of the molecule is CC1(Nc2cccnc2N)CCOCC1. The number of nitrogens with one attached hydrogen (secondary N) is 1. The standard InChI is InChI=1S/C11H17N3O/c1-11(4-7-15-8-5-11)14-9-3-2-6-13-10(9)12/h2-3,6,14H,4-5,7-8H2,1H3,(H2,12,13). The van der Waals surface area contributed by atoms with E-state index in [0.29, 0.717) is 5.82 Å². The Hall–Kier alpha value is -1.29. The van der Waals surface area contributed by atoms with Crippen LogP contribution in [0.2, 0.25) is 0 Å². The van der Waals surface area contributed by atoms with Gasteiger partial charge in [-0.1, -0.05) is 0 Å². The van der Waals surface area contributed by atoms with Crippen LogP contribution in [0, 0.1) is 0 Å². The third-order valence-electron chi connectivity index (χ3n) is 2.87. The van der Waals surface area contributed by atoms with Gasteiger partial charge in [0.25, 0.3) is 0 Å². The molecule has 0 aliphatic carbocycles. The Bertz CT molecular complexity index is 334. The number of nitrogens with zero attached hydrogens (tertiary/aromatic N) is 1. The Morgan fingerprint density at radius 1 is 1.47 bits per heavy atom. The van der Waals surface area contributed by atoms with Gasteiger partial charge in [-0.05, 0) is 31.9 Å². The van der Waals surface area contributed by atoms with Crippen molar-refractivity contribution in [2.75, 3.05) is 24.3 Å². The molecule has 1 aromatic rings. The van der Waals surface area contributed by atoms with Crippen LogP contribution in [0.4, 0.5) is 11.5 Å². The van der Waals surface area contributed by atoms with E-state index in [9.17, 15) is 0 Å². The summed E-state index contributed by atoms with van der Waals surface area (Å²) < 4.78 is 5.35. The molecule has 1 aliphatic heterocycles. The second kappa shape index (κ2) is 4.06. The molecule has 0 bridgehead atoms. The lowest BCUT2D eigenvalue weighted by molar-refractivity contribution is 0.0658. The van der Waals surface area contributed by atoms with Crippen LogP contribution in [0.5, 0.6) is 0 Å². The lowest BCUT2D eigenvalue weighted by Crippen LogP contribution is -2.40. The molecule has 0 amide bonds. The first-order valence-electron chi connectivity index (χ1n) is 5.26. The van der Waals surface area contributed by atoms with Crippen LogP contribution in [0.3, 0.4) is 0 Å². The second-order valence-corrected chi connectivity index (χ2v) is 4.23. The van der Waals surface area contributed by atoms with E-state index in [1.165, 1.54) is 0 Å². The molecule has 2 rings (SSSR count). The highest BCUT2D eigenvalue weighted by molar-refractivity contribution is 5.62. The number of hydrogen-bond acceptors (Lipinski definition) is 4. The summed E-state index contributed by atoms with van der Waals surface area (Å²) in [6, 6.07) is 3.85. The van der Waals surface area contributed by atoms with Crippen LogP contribution in [0.25, 0.3) is 0 Å². The lowest BCUT2D eigenvalue weighted by atomic mass is 9.92. The molecule has 0 unspecified atom stereocenters. The summed E-state index contributed by atoms with van der Waals surface area (Å²) in [4.78, 5) is 4.06. The molecule has 0 aromatic carbocycles. The molecule has 1 aliphatic rings. The van der Waals surface area contributed by atoms with Gasteiger partial charge in [0.2, 0.25) is 0 Å². The topological polar surface area (TPSA) is 60.2 Å². The molecular weight excluding hydrogens is 190 g/mol. The number of ether oxygens (including phenoxy) is 1. The first-order chi connectivity index (χ1) is 7.20. The zero-order valence-electron chi connectivity index (χ0n) is 8.99. The van der Waals surface area contributed by atoms with E-state index in [-0.39, 0.29) is 5.54 Å². The van der Waals surface area contributed by atoms with Crippen LogP contribution in [-0.2, 0) is 4.74 Å². The smallest absolute Gasteiger partial charge is 0.146 e. The van der Waals surface area contributed by atoms with E-state index >= 15 is 0 Å². The Labute approximate surface area is 89.8 Å². The number of pyridine rings is 1. The monoisotopic (exact) mass is 207 g/mol. The number of rotatable bonds is 2. The molecule has 1 fully saturated rings. The number of anilines is 2. The number of nitrogens with two attached hydrogens (primary N) is 1. The zero-order chi connectivity index (χ0) is 10.7. The van der Waals surface area contributed by atoms with Gasteiger partial charge < -0.3 is 15.8 Å². The molecule has 1 saturated heterocycles. The van der Waals surface area contributed by atoms with Gasteiger partial charge in [0.05, 0.1) is 5.69 Å². The average molecular weight is 207 g/mol. The fraction of sp³-hybridized carbons (Fsp3) is 0.545. The zero-order valence-corrected chi connectivity index (χ0v) is 8.99. The predicted octanol–water partition coefficient (Wildman–Crippen LogP) is 1.64. The fourth-order valence-electron chi connectivity index (χ4n) is 1.80.